The van der Waals surface area contributed by atoms with Gasteiger partial charge in [0.2, 0.25) is 0 Å². The molecule has 0 amide bonds. The van der Waals surface area contributed by atoms with Gasteiger partial charge in [-0.2, -0.15) is 0 Å². The molecule has 0 spiro atoms. The summed E-state index contributed by atoms with van der Waals surface area (Å²) in [6, 6.07) is 0. The first-order valence-corrected chi connectivity index (χ1v) is 7.65. The lowest BCUT2D eigenvalue weighted by atomic mass is 9.81. The first-order valence-electron chi connectivity index (χ1n) is 7.65. The van der Waals surface area contributed by atoms with E-state index >= 15 is 0 Å². The van der Waals surface area contributed by atoms with Crippen LogP contribution in [-0.2, 0) is 4.74 Å². The van der Waals surface area contributed by atoms with E-state index in [-0.39, 0.29) is 5.60 Å². The van der Waals surface area contributed by atoms with Gasteiger partial charge in [0, 0.05) is 6.61 Å². The fourth-order valence-electron chi connectivity index (χ4n) is 2.45. The van der Waals surface area contributed by atoms with Crippen molar-refractivity contribution in [2.45, 2.75) is 92.1 Å². The summed E-state index contributed by atoms with van der Waals surface area (Å²) >= 11 is 0. The molecule has 0 radical (unpaired) electrons. The van der Waals surface area contributed by atoms with Crippen molar-refractivity contribution in [1.82, 2.24) is 0 Å². The average Bonchev–Trinajstić information content (AvgIpc) is 2.37. The summed E-state index contributed by atoms with van der Waals surface area (Å²) in [5.74, 6) is 0. The average molecular weight is 242 g/mol. The van der Waals surface area contributed by atoms with Crippen molar-refractivity contribution in [3.8, 4) is 0 Å². The first-order chi connectivity index (χ1) is 8.01. The summed E-state index contributed by atoms with van der Waals surface area (Å²) in [6.07, 6.45) is 8.43. The van der Waals surface area contributed by atoms with Crippen molar-refractivity contribution in [2.24, 2.45) is 5.41 Å². The summed E-state index contributed by atoms with van der Waals surface area (Å²) in [5, 5.41) is 0. The van der Waals surface area contributed by atoms with Gasteiger partial charge in [0.25, 0.3) is 0 Å². The van der Waals surface area contributed by atoms with E-state index in [0.29, 0.717) is 5.41 Å². The Morgan fingerprint density at radius 3 is 1.65 bits per heavy atom. The van der Waals surface area contributed by atoms with E-state index in [0.717, 1.165) is 19.4 Å². The number of hydrogen-bond donors (Lipinski definition) is 0. The molecule has 0 atom stereocenters. The van der Waals surface area contributed by atoms with Crippen LogP contribution in [-0.4, -0.2) is 12.2 Å². The van der Waals surface area contributed by atoms with Crippen LogP contribution in [0.25, 0.3) is 0 Å². The molecule has 0 aliphatic heterocycles. The second-order valence-electron chi connectivity index (χ2n) is 5.76. The fraction of sp³-hybridized carbons (Fsp3) is 1.00. The third-order valence-corrected chi connectivity index (χ3v) is 4.82. The molecule has 17 heavy (non-hydrogen) atoms. The lowest BCUT2D eigenvalue weighted by molar-refractivity contribution is -0.0677. The van der Waals surface area contributed by atoms with Gasteiger partial charge in [-0.3, -0.25) is 0 Å². The molecule has 0 aromatic carbocycles. The topological polar surface area (TPSA) is 9.23 Å². The molecule has 0 aromatic rings. The van der Waals surface area contributed by atoms with E-state index < -0.39 is 0 Å². The number of hydrogen-bond acceptors (Lipinski definition) is 1. The molecule has 0 heterocycles. The van der Waals surface area contributed by atoms with Gasteiger partial charge in [-0.1, -0.05) is 60.8 Å². The Labute approximate surface area is 109 Å². The minimum atomic E-state index is 0.150. The van der Waals surface area contributed by atoms with E-state index in [1.807, 2.05) is 0 Å². The molecule has 0 aliphatic carbocycles. The molecule has 1 nitrogen and oxygen atoms in total. The summed E-state index contributed by atoms with van der Waals surface area (Å²) < 4.78 is 6.27. The van der Waals surface area contributed by atoms with E-state index in [9.17, 15) is 0 Å². The second kappa shape index (κ2) is 8.13. The maximum Gasteiger partial charge on any atom is 0.0677 e. The van der Waals surface area contributed by atoms with Gasteiger partial charge in [-0.15, -0.1) is 0 Å². The van der Waals surface area contributed by atoms with E-state index in [4.69, 9.17) is 4.74 Å². The quantitative estimate of drug-likeness (QED) is 0.486. The molecule has 0 aliphatic rings. The van der Waals surface area contributed by atoms with Gasteiger partial charge in [0.15, 0.2) is 0 Å². The van der Waals surface area contributed by atoms with Crippen molar-refractivity contribution >= 4 is 0 Å². The first kappa shape index (κ1) is 17.0. The monoisotopic (exact) mass is 242 g/mol. The zero-order chi connectivity index (χ0) is 13.4. The van der Waals surface area contributed by atoms with Crippen LogP contribution in [0.1, 0.15) is 86.5 Å². The lowest BCUT2D eigenvalue weighted by Gasteiger charge is -2.34. The molecule has 0 unspecified atom stereocenters. The number of ether oxygens (including phenoxy) is 1. The van der Waals surface area contributed by atoms with Crippen molar-refractivity contribution in [3.63, 3.8) is 0 Å². The Balaban J connectivity index is 4.22. The molecule has 0 bridgehead atoms. The van der Waals surface area contributed by atoms with E-state index in [1.54, 1.807) is 0 Å². The molecule has 0 aromatic heterocycles. The highest BCUT2D eigenvalue weighted by Gasteiger charge is 2.27. The van der Waals surface area contributed by atoms with Crippen LogP contribution in [0.3, 0.4) is 0 Å². The van der Waals surface area contributed by atoms with Crippen molar-refractivity contribution in [2.75, 3.05) is 6.61 Å². The van der Waals surface area contributed by atoms with Crippen molar-refractivity contribution in [3.05, 3.63) is 0 Å². The summed E-state index contributed by atoms with van der Waals surface area (Å²) in [6.45, 7) is 14.7. The standard InChI is InChI=1S/C16H34O/c1-7-12-16(10-4,11-5)17-14-13-15(6,8-2)9-3/h7-14H2,1-6H3. The van der Waals surface area contributed by atoms with Gasteiger partial charge >= 0.3 is 0 Å². The molecule has 0 rings (SSSR count). The van der Waals surface area contributed by atoms with E-state index in [2.05, 4.69) is 41.5 Å². The third kappa shape index (κ3) is 5.42. The van der Waals surface area contributed by atoms with Crippen LogP contribution >= 0.6 is 0 Å². The van der Waals surface area contributed by atoms with E-state index in [1.165, 1.54) is 32.1 Å². The largest absolute Gasteiger partial charge is 0.375 e. The molecule has 0 N–H and O–H groups in total. The van der Waals surface area contributed by atoms with Gasteiger partial charge in [-0.25, -0.2) is 0 Å². The number of rotatable bonds is 10. The van der Waals surface area contributed by atoms with Gasteiger partial charge < -0.3 is 4.74 Å². The minimum absolute atomic E-state index is 0.150. The van der Waals surface area contributed by atoms with Gasteiger partial charge in [0.1, 0.15) is 0 Å². The Bertz CT molecular complexity index is 178. The molecule has 0 saturated heterocycles. The lowest BCUT2D eigenvalue weighted by Crippen LogP contribution is -2.32. The van der Waals surface area contributed by atoms with Crippen molar-refractivity contribution < 1.29 is 4.74 Å². The van der Waals surface area contributed by atoms with Gasteiger partial charge in [-0.05, 0) is 31.1 Å². The zero-order valence-electron chi connectivity index (χ0n) is 13.1. The third-order valence-electron chi connectivity index (χ3n) is 4.82. The molecular weight excluding hydrogens is 208 g/mol. The highest BCUT2D eigenvalue weighted by molar-refractivity contribution is 4.78. The minimum Gasteiger partial charge on any atom is -0.375 e. The van der Waals surface area contributed by atoms with Crippen LogP contribution < -0.4 is 0 Å². The maximum absolute atomic E-state index is 6.27. The van der Waals surface area contributed by atoms with Gasteiger partial charge in [0.05, 0.1) is 5.60 Å². The Morgan fingerprint density at radius 2 is 1.29 bits per heavy atom. The van der Waals surface area contributed by atoms with Crippen LogP contribution in [0, 0.1) is 5.41 Å². The second-order valence-corrected chi connectivity index (χ2v) is 5.76. The van der Waals surface area contributed by atoms with Crippen LogP contribution in [0.15, 0.2) is 0 Å². The molecule has 0 fully saturated rings. The maximum atomic E-state index is 6.27. The highest BCUT2D eigenvalue weighted by Crippen LogP contribution is 2.32. The normalized spacial score (nSPS) is 13.1. The van der Waals surface area contributed by atoms with Crippen LogP contribution in [0.5, 0.6) is 0 Å². The predicted molar refractivity (Wildman–Crippen MR) is 77.5 cm³/mol. The molecule has 0 saturated carbocycles. The Hall–Kier alpha value is -0.0400. The molecule has 104 valence electrons. The Kier molecular flexibility index (Phi) is 8.11. The molecule has 1 heteroatoms. The smallest absolute Gasteiger partial charge is 0.0677 e. The summed E-state index contributed by atoms with van der Waals surface area (Å²) in [5.41, 5.74) is 0.622. The van der Waals surface area contributed by atoms with Crippen LogP contribution in [0.2, 0.25) is 0 Å². The molecular formula is C16H34O. The summed E-state index contributed by atoms with van der Waals surface area (Å²) in [7, 11) is 0. The zero-order valence-corrected chi connectivity index (χ0v) is 13.1. The summed E-state index contributed by atoms with van der Waals surface area (Å²) in [4.78, 5) is 0. The Morgan fingerprint density at radius 1 is 0.765 bits per heavy atom. The fourth-order valence-corrected chi connectivity index (χ4v) is 2.45. The highest BCUT2D eigenvalue weighted by atomic mass is 16.5. The van der Waals surface area contributed by atoms with Crippen LogP contribution in [0.4, 0.5) is 0 Å². The predicted octanol–water partition coefficient (Wildman–Crippen LogP) is 5.58. The SMILES string of the molecule is CCCC(CC)(CC)OCCC(C)(CC)CC. The van der Waals surface area contributed by atoms with Crippen molar-refractivity contribution in [1.29, 1.82) is 0 Å².